The fourth-order valence-electron chi connectivity index (χ4n) is 2.42. The molecule has 1 aromatic carbocycles. The maximum absolute atomic E-state index is 4.34. The maximum Gasteiger partial charge on any atom is 0.247 e. The molecule has 0 aliphatic carbocycles. The Labute approximate surface area is 142 Å². The van der Waals surface area contributed by atoms with E-state index in [1.165, 1.54) is 4.70 Å². The van der Waals surface area contributed by atoms with Gasteiger partial charge >= 0.3 is 0 Å². The summed E-state index contributed by atoms with van der Waals surface area (Å²) in [5.74, 6) is 0.624. The highest BCUT2D eigenvalue weighted by Crippen LogP contribution is 2.26. The van der Waals surface area contributed by atoms with Crippen LogP contribution in [0.3, 0.4) is 0 Å². The molecule has 0 fully saturated rings. The maximum atomic E-state index is 4.34. The van der Waals surface area contributed by atoms with Crippen LogP contribution in [0.5, 0.6) is 0 Å². The van der Waals surface area contributed by atoms with Crippen molar-refractivity contribution in [1.29, 1.82) is 0 Å². The zero-order valence-electron chi connectivity index (χ0n) is 12.8. The number of aromatic nitrogens is 5. The zero-order valence-corrected chi connectivity index (χ0v) is 13.6. The van der Waals surface area contributed by atoms with E-state index in [1.54, 1.807) is 16.0 Å². The van der Waals surface area contributed by atoms with E-state index in [0.29, 0.717) is 12.5 Å². The van der Waals surface area contributed by atoms with Crippen LogP contribution in [0.2, 0.25) is 0 Å². The number of benzene rings is 1. The Hall–Kier alpha value is -3.00. The number of nitrogens with one attached hydrogen (secondary N) is 2. The minimum atomic E-state index is 0.624. The molecule has 7 nitrogen and oxygen atoms in total. The summed E-state index contributed by atoms with van der Waals surface area (Å²) in [6, 6.07) is 13.8. The predicted molar refractivity (Wildman–Crippen MR) is 95.8 cm³/mol. The van der Waals surface area contributed by atoms with Gasteiger partial charge in [0.2, 0.25) is 5.95 Å². The summed E-state index contributed by atoms with van der Waals surface area (Å²) >= 11 is 1.69. The van der Waals surface area contributed by atoms with Gasteiger partial charge in [0.25, 0.3) is 0 Å². The van der Waals surface area contributed by atoms with Crippen LogP contribution in [-0.2, 0) is 0 Å². The normalized spacial score (nSPS) is 10.8. The molecule has 120 valence electrons. The monoisotopic (exact) mass is 337 g/mol. The minimum Gasteiger partial charge on any atom is -0.382 e. The lowest BCUT2D eigenvalue weighted by Gasteiger charge is -2.09. The van der Waals surface area contributed by atoms with Crippen molar-refractivity contribution in [3.05, 3.63) is 54.0 Å². The van der Waals surface area contributed by atoms with Crippen LogP contribution in [0.15, 0.2) is 54.0 Å². The number of tetrazole rings is 1. The summed E-state index contributed by atoms with van der Waals surface area (Å²) in [4.78, 5) is 4.34. The van der Waals surface area contributed by atoms with Gasteiger partial charge in [0.1, 0.15) is 0 Å². The molecule has 0 radical (unpaired) electrons. The van der Waals surface area contributed by atoms with Gasteiger partial charge in [-0.25, -0.2) is 0 Å². The number of para-hydroxylation sites is 1. The summed E-state index contributed by atoms with van der Waals surface area (Å²) in [5.41, 5.74) is 3.04. The van der Waals surface area contributed by atoms with Crippen LogP contribution in [0, 0.1) is 0 Å². The molecule has 0 amide bonds. The first kappa shape index (κ1) is 14.6. The third-order valence-electron chi connectivity index (χ3n) is 3.54. The van der Waals surface area contributed by atoms with Crippen LogP contribution in [0.4, 0.5) is 11.6 Å². The van der Waals surface area contributed by atoms with Crippen molar-refractivity contribution in [3.63, 3.8) is 0 Å². The summed E-state index contributed by atoms with van der Waals surface area (Å²) in [6.45, 7) is 1.45. The van der Waals surface area contributed by atoms with Gasteiger partial charge in [0.05, 0.1) is 21.6 Å². The first-order chi connectivity index (χ1) is 11.9. The number of thiophene rings is 1. The quantitative estimate of drug-likeness (QED) is 0.527. The highest BCUT2D eigenvalue weighted by Gasteiger charge is 2.07. The lowest BCUT2D eigenvalue weighted by Crippen LogP contribution is -2.16. The Kier molecular flexibility index (Phi) is 4.03. The number of hydrogen-bond acceptors (Lipinski definition) is 7. The van der Waals surface area contributed by atoms with E-state index in [4.69, 9.17) is 0 Å². The lowest BCUT2D eigenvalue weighted by molar-refractivity contribution is 0.789. The summed E-state index contributed by atoms with van der Waals surface area (Å²) < 4.78 is 2.86. The van der Waals surface area contributed by atoms with E-state index in [-0.39, 0.29) is 0 Å². The molecule has 4 rings (SSSR count). The van der Waals surface area contributed by atoms with Crippen molar-refractivity contribution in [2.24, 2.45) is 0 Å². The van der Waals surface area contributed by atoms with Crippen LogP contribution in [-0.4, -0.2) is 38.3 Å². The first-order valence-corrected chi connectivity index (χ1v) is 8.43. The molecule has 0 aliphatic rings. The molecule has 0 saturated carbocycles. The van der Waals surface area contributed by atoms with Gasteiger partial charge in [-0.3, -0.25) is 4.98 Å². The molecule has 2 N–H and O–H groups in total. The van der Waals surface area contributed by atoms with Crippen LogP contribution >= 0.6 is 11.3 Å². The average molecular weight is 337 g/mol. The third kappa shape index (κ3) is 2.91. The highest BCUT2D eigenvalue weighted by atomic mass is 32.1. The summed E-state index contributed by atoms with van der Waals surface area (Å²) in [5, 5.41) is 20.5. The molecule has 0 bridgehead atoms. The zero-order chi connectivity index (χ0) is 16.2. The van der Waals surface area contributed by atoms with Crippen LogP contribution in [0.1, 0.15) is 0 Å². The van der Waals surface area contributed by atoms with Crippen molar-refractivity contribution < 1.29 is 0 Å². The Morgan fingerprint density at radius 1 is 1.00 bits per heavy atom. The van der Waals surface area contributed by atoms with Gasteiger partial charge in [0, 0.05) is 19.3 Å². The SMILES string of the molecule is c1ccc(-n2nnnc2NCCNc2ccnc3ccsc23)cc1. The molecule has 0 aliphatic heterocycles. The number of rotatable bonds is 6. The summed E-state index contributed by atoms with van der Waals surface area (Å²) in [6.07, 6.45) is 1.82. The molecular weight excluding hydrogens is 322 g/mol. The molecule has 8 heteroatoms. The lowest BCUT2D eigenvalue weighted by atomic mass is 10.3. The van der Waals surface area contributed by atoms with Gasteiger partial charge in [0.15, 0.2) is 0 Å². The number of pyridine rings is 1. The van der Waals surface area contributed by atoms with E-state index in [9.17, 15) is 0 Å². The van der Waals surface area contributed by atoms with E-state index >= 15 is 0 Å². The molecule has 3 aromatic heterocycles. The van der Waals surface area contributed by atoms with E-state index in [0.717, 1.165) is 23.4 Å². The van der Waals surface area contributed by atoms with Crippen molar-refractivity contribution in [1.82, 2.24) is 25.2 Å². The fourth-order valence-corrected chi connectivity index (χ4v) is 3.27. The Balaban J connectivity index is 1.39. The van der Waals surface area contributed by atoms with Gasteiger partial charge in [-0.2, -0.15) is 4.68 Å². The second-order valence-electron chi connectivity index (χ2n) is 5.10. The molecule has 0 atom stereocenters. The Morgan fingerprint density at radius 3 is 2.79 bits per heavy atom. The van der Waals surface area contributed by atoms with E-state index in [2.05, 4.69) is 36.5 Å². The molecule has 3 heterocycles. The number of anilines is 2. The smallest absolute Gasteiger partial charge is 0.247 e. The Morgan fingerprint density at radius 2 is 1.88 bits per heavy atom. The Bertz CT molecular complexity index is 932. The van der Waals surface area contributed by atoms with Crippen molar-refractivity contribution in [2.45, 2.75) is 0 Å². The third-order valence-corrected chi connectivity index (χ3v) is 4.47. The van der Waals surface area contributed by atoms with Crippen molar-refractivity contribution in [2.75, 3.05) is 23.7 Å². The molecule has 24 heavy (non-hydrogen) atoms. The fraction of sp³-hybridized carbons (Fsp3) is 0.125. The topological polar surface area (TPSA) is 80.5 Å². The van der Waals surface area contributed by atoms with Gasteiger partial charge in [-0.15, -0.1) is 11.3 Å². The number of nitrogens with zero attached hydrogens (tertiary/aromatic N) is 5. The molecule has 0 saturated heterocycles. The van der Waals surface area contributed by atoms with E-state index in [1.807, 2.05) is 48.7 Å². The van der Waals surface area contributed by atoms with Crippen LogP contribution in [0.25, 0.3) is 15.9 Å². The number of fused-ring (bicyclic) bond motifs is 1. The van der Waals surface area contributed by atoms with Crippen molar-refractivity contribution >= 4 is 33.2 Å². The molecular formula is C16H15N7S. The van der Waals surface area contributed by atoms with Gasteiger partial charge in [-0.1, -0.05) is 23.3 Å². The molecule has 4 aromatic rings. The van der Waals surface area contributed by atoms with Gasteiger partial charge in [-0.05, 0) is 40.1 Å². The second kappa shape index (κ2) is 6.63. The largest absolute Gasteiger partial charge is 0.382 e. The average Bonchev–Trinajstić information content (AvgIpc) is 3.29. The van der Waals surface area contributed by atoms with Gasteiger partial charge < -0.3 is 10.6 Å². The van der Waals surface area contributed by atoms with Crippen LogP contribution < -0.4 is 10.6 Å². The predicted octanol–water partition coefficient (Wildman–Crippen LogP) is 2.80. The van der Waals surface area contributed by atoms with E-state index < -0.39 is 0 Å². The summed E-state index contributed by atoms with van der Waals surface area (Å²) in [7, 11) is 0. The number of hydrogen-bond donors (Lipinski definition) is 2. The highest BCUT2D eigenvalue weighted by molar-refractivity contribution is 7.17. The first-order valence-electron chi connectivity index (χ1n) is 7.55. The molecule has 0 spiro atoms. The van der Waals surface area contributed by atoms with Crippen molar-refractivity contribution in [3.8, 4) is 5.69 Å². The second-order valence-corrected chi connectivity index (χ2v) is 6.01. The molecule has 0 unspecified atom stereocenters. The standard InChI is InChI=1S/C16H15N7S/c1-2-4-12(5-3-1)23-16(20-21-22-23)19-10-9-18-13-6-8-17-14-7-11-24-15(13)14/h1-8,11H,9-10H2,(H,17,18)(H,19,20,22). The minimum absolute atomic E-state index is 0.624.